The van der Waals surface area contributed by atoms with Crippen molar-refractivity contribution in [2.45, 2.75) is 34.2 Å². The van der Waals surface area contributed by atoms with Crippen LogP contribution >= 0.6 is 0 Å². The molecule has 0 amide bonds. The average Bonchev–Trinajstić information content (AvgIpc) is 2.50. The molecule has 0 radical (unpaired) electrons. The maximum Gasteiger partial charge on any atom is 0.352 e. The standard InChI is InChI=1S/C14H17NO2/c1-5-15-11-7-8(2)6-9(3)12(11)10(4)13(15)14(16)17/h6-7H,5H2,1-4H3,(H,16,17). The summed E-state index contributed by atoms with van der Waals surface area (Å²) in [4.78, 5) is 11.3. The third kappa shape index (κ3) is 1.62. The van der Waals surface area contributed by atoms with Gasteiger partial charge in [0.25, 0.3) is 0 Å². The highest BCUT2D eigenvalue weighted by Crippen LogP contribution is 2.29. The fourth-order valence-electron chi connectivity index (χ4n) is 2.69. The molecule has 1 aromatic heterocycles. The fourth-order valence-corrected chi connectivity index (χ4v) is 2.69. The van der Waals surface area contributed by atoms with Gasteiger partial charge in [0.05, 0.1) is 0 Å². The van der Waals surface area contributed by atoms with E-state index in [-0.39, 0.29) is 0 Å². The molecule has 3 nitrogen and oxygen atoms in total. The van der Waals surface area contributed by atoms with Gasteiger partial charge in [-0.25, -0.2) is 4.79 Å². The van der Waals surface area contributed by atoms with E-state index in [4.69, 9.17) is 0 Å². The number of fused-ring (bicyclic) bond motifs is 1. The number of rotatable bonds is 2. The molecule has 17 heavy (non-hydrogen) atoms. The van der Waals surface area contributed by atoms with Crippen LogP contribution in [0.15, 0.2) is 12.1 Å². The number of carbonyl (C=O) groups is 1. The molecule has 0 unspecified atom stereocenters. The highest BCUT2D eigenvalue weighted by molar-refractivity contribution is 5.99. The monoisotopic (exact) mass is 231 g/mol. The van der Waals surface area contributed by atoms with Crippen LogP contribution in [0, 0.1) is 20.8 Å². The van der Waals surface area contributed by atoms with Crippen LogP contribution in [-0.2, 0) is 6.54 Å². The van der Waals surface area contributed by atoms with Crippen molar-refractivity contribution < 1.29 is 9.90 Å². The lowest BCUT2D eigenvalue weighted by molar-refractivity contribution is 0.0685. The van der Waals surface area contributed by atoms with Crippen LogP contribution in [0.2, 0.25) is 0 Å². The van der Waals surface area contributed by atoms with Crippen molar-refractivity contribution in [1.82, 2.24) is 4.57 Å². The van der Waals surface area contributed by atoms with E-state index in [2.05, 4.69) is 12.1 Å². The second-order valence-corrected chi connectivity index (χ2v) is 4.50. The molecule has 1 heterocycles. The minimum absolute atomic E-state index is 0.413. The highest BCUT2D eigenvalue weighted by atomic mass is 16.4. The van der Waals surface area contributed by atoms with E-state index in [1.54, 1.807) is 0 Å². The molecule has 1 aromatic carbocycles. The number of aromatic nitrogens is 1. The van der Waals surface area contributed by atoms with Crippen molar-refractivity contribution in [2.75, 3.05) is 0 Å². The van der Waals surface area contributed by atoms with E-state index < -0.39 is 5.97 Å². The first-order chi connectivity index (χ1) is 7.97. The summed E-state index contributed by atoms with van der Waals surface area (Å²) in [5, 5.41) is 10.4. The summed E-state index contributed by atoms with van der Waals surface area (Å²) in [5.74, 6) is -0.849. The number of aryl methyl sites for hydroxylation is 4. The van der Waals surface area contributed by atoms with E-state index >= 15 is 0 Å². The molecule has 1 N–H and O–H groups in total. The first-order valence-electron chi connectivity index (χ1n) is 5.80. The molecule has 0 saturated carbocycles. The van der Waals surface area contributed by atoms with Crippen LogP contribution in [0.4, 0.5) is 0 Å². The lowest BCUT2D eigenvalue weighted by atomic mass is 10.0. The van der Waals surface area contributed by atoms with Gasteiger partial charge in [-0.15, -0.1) is 0 Å². The Labute approximate surface area is 101 Å². The first kappa shape index (κ1) is 11.7. The van der Waals surface area contributed by atoms with Crippen LogP contribution in [-0.4, -0.2) is 15.6 Å². The molecule has 0 fully saturated rings. The summed E-state index contributed by atoms with van der Waals surface area (Å²) in [5.41, 5.74) is 4.62. The zero-order valence-electron chi connectivity index (χ0n) is 10.7. The van der Waals surface area contributed by atoms with Gasteiger partial charge in [-0.2, -0.15) is 0 Å². The lowest BCUT2D eigenvalue weighted by Gasteiger charge is -2.05. The van der Waals surface area contributed by atoms with Gasteiger partial charge in [0.15, 0.2) is 0 Å². The predicted octanol–water partition coefficient (Wildman–Crippen LogP) is 3.28. The molecule has 2 aromatic rings. The molecule has 90 valence electrons. The third-order valence-corrected chi connectivity index (χ3v) is 3.27. The van der Waals surface area contributed by atoms with Gasteiger partial charge in [-0.3, -0.25) is 0 Å². The van der Waals surface area contributed by atoms with Crippen molar-refractivity contribution >= 4 is 16.9 Å². The van der Waals surface area contributed by atoms with Crippen LogP contribution in [0.5, 0.6) is 0 Å². The Morgan fingerprint density at radius 3 is 2.47 bits per heavy atom. The summed E-state index contributed by atoms with van der Waals surface area (Å²) in [6.07, 6.45) is 0. The van der Waals surface area contributed by atoms with Gasteiger partial charge in [0.1, 0.15) is 5.69 Å². The molecule has 2 rings (SSSR count). The number of carboxylic acid groups (broad SMARTS) is 1. The molecule has 0 saturated heterocycles. The zero-order chi connectivity index (χ0) is 12.7. The van der Waals surface area contributed by atoms with Gasteiger partial charge in [0.2, 0.25) is 0 Å². The number of benzene rings is 1. The molecular weight excluding hydrogens is 214 g/mol. The van der Waals surface area contributed by atoms with Crippen molar-refractivity contribution in [3.05, 3.63) is 34.5 Å². The maximum atomic E-state index is 11.3. The number of hydrogen-bond acceptors (Lipinski definition) is 1. The van der Waals surface area contributed by atoms with Crippen molar-refractivity contribution in [2.24, 2.45) is 0 Å². The molecule has 0 aliphatic heterocycles. The Kier molecular flexibility index (Phi) is 2.69. The minimum atomic E-state index is -0.849. The lowest BCUT2D eigenvalue weighted by Crippen LogP contribution is -2.08. The fraction of sp³-hybridized carbons (Fsp3) is 0.357. The quantitative estimate of drug-likeness (QED) is 0.861. The summed E-state index contributed by atoms with van der Waals surface area (Å²) >= 11 is 0. The summed E-state index contributed by atoms with van der Waals surface area (Å²) in [6, 6.07) is 4.16. The van der Waals surface area contributed by atoms with Crippen molar-refractivity contribution in [3.8, 4) is 0 Å². The second-order valence-electron chi connectivity index (χ2n) is 4.50. The minimum Gasteiger partial charge on any atom is -0.477 e. The maximum absolute atomic E-state index is 11.3. The molecule has 0 atom stereocenters. The average molecular weight is 231 g/mol. The van der Waals surface area contributed by atoms with E-state index in [1.807, 2.05) is 32.3 Å². The Hall–Kier alpha value is -1.77. The van der Waals surface area contributed by atoms with E-state index in [9.17, 15) is 9.90 Å². The third-order valence-electron chi connectivity index (χ3n) is 3.27. The Bertz CT molecular complexity index is 608. The molecule has 0 spiro atoms. The Morgan fingerprint density at radius 1 is 1.29 bits per heavy atom. The van der Waals surface area contributed by atoms with Gasteiger partial charge in [0, 0.05) is 17.4 Å². The Morgan fingerprint density at radius 2 is 1.94 bits per heavy atom. The van der Waals surface area contributed by atoms with Crippen LogP contribution in [0.3, 0.4) is 0 Å². The molecular formula is C14H17NO2. The first-order valence-corrected chi connectivity index (χ1v) is 5.80. The van der Waals surface area contributed by atoms with E-state index in [0.717, 1.165) is 22.0 Å². The Balaban J connectivity index is 2.99. The second kappa shape index (κ2) is 3.91. The van der Waals surface area contributed by atoms with Gasteiger partial charge >= 0.3 is 5.97 Å². The largest absolute Gasteiger partial charge is 0.477 e. The molecule has 3 heteroatoms. The topological polar surface area (TPSA) is 42.2 Å². The number of aromatic carboxylic acids is 1. The van der Waals surface area contributed by atoms with Gasteiger partial charge in [-0.05, 0) is 50.5 Å². The number of hydrogen-bond donors (Lipinski definition) is 1. The van der Waals surface area contributed by atoms with Gasteiger partial charge in [-0.1, -0.05) is 6.07 Å². The molecule has 0 aliphatic rings. The summed E-state index contributed by atoms with van der Waals surface area (Å²) in [6.45, 7) is 8.61. The predicted molar refractivity (Wildman–Crippen MR) is 68.8 cm³/mol. The number of nitrogens with zero attached hydrogens (tertiary/aromatic N) is 1. The van der Waals surface area contributed by atoms with Gasteiger partial charge < -0.3 is 9.67 Å². The smallest absolute Gasteiger partial charge is 0.352 e. The van der Waals surface area contributed by atoms with Crippen molar-refractivity contribution in [3.63, 3.8) is 0 Å². The highest BCUT2D eigenvalue weighted by Gasteiger charge is 2.19. The van der Waals surface area contributed by atoms with Crippen LogP contribution < -0.4 is 0 Å². The SMILES string of the molecule is CCn1c(C(=O)O)c(C)c2c(C)cc(C)cc21. The number of carboxylic acids is 1. The van der Waals surface area contributed by atoms with E-state index in [1.165, 1.54) is 5.56 Å². The van der Waals surface area contributed by atoms with Crippen molar-refractivity contribution in [1.29, 1.82) is 0 Å². The van der Waals surface area contributed by atoms with Crippen LogP contribution in [0.25, 0.3) is 10.9 Å². The summed E-state index contributed by atoms with van der Waals surface area (Å²) in [7, 11) is 0. The van der Waals surface area contributed by atoms with Crippen LogP contribution in [0.1, 0.15) is 34.1 Å². The molecule has 0 bridgehead atoms. The summed E-state index contributed by atoms with van der Waals surface area (Å²) < 4.78 is 1.88. The van der Waals surface area contributed by atoms with E-state index in [0.29, 0.717) is 12.2 Å². The molecule has 0 aliphatic carbocycles. The zero-order valence-corrected chi connectivity index (χ0v) is 10.7. The normalized spacial score (nSPS) is 11.1.